The van der Waals surface area contributed by atoms with Crippen LogP contribution in [0.3, 0.4) is 0 Å². The van der Waals surface area contributed by atoms with Crippen LogP contribution in [0.25, 0.3) is 0 Å². The Kier molecular flexibility index (Phi) is 4.78. The van der Waals surface area contributed by atoms with Crippen molar-refractivity contribution in [2.45, 2.75) is 70.1 Å². The molecule has 2 fully saturated rings. The van der Waals surface area contributed by atoms with E-state index in [0.717, 1.165) is 5.56 Å². The van der Waals surface area contributed by atoms with Crippen molar-refractivity contribution in [3.05, 3.63) is 35.4 Å². The molecule has 1 saturated carbocycles. The Morgan fingerprint density at radius 3 is 2.46 bits per heavy atom. The number of rotatable bonds is 4. The lowest BCUT2D eigenvalue weighted by Gasteiger charge is -2.43. The van der Waals surface area contributed by atoms with Crippen LogP contribution < -0.4 is 10.6 Å². The molecule has 1 aromatic carbocycles. The van der Waals surface area contributed by atoms with Gasteiger partial charge in [-0.25, -0.2) is 4.79 Å². The predicted molar refractivity (Wildman–Crippen MR) is 91.6 cm³/mol. The van der Waals surface area contributed by atoms with Gasteiger partial charge in [-0.15, -0.1) is 0 Å². The molecule has 3 rings (SSSR count). The molecule has 0 spiro atoms. The lowest BCUT2D eigenvalue weighted by molar-refractivity contribution is -0.135. The second kappa shape index (κ2) is 6.83. The SMILES string of the molecule is CC1(C)NC(=O)[C@@H]1NC(=O)OCc1ccc(C2CCCCC2)cc1. The lowest BCUT2D eigenvalue weighted by atomic mass is 9.84. The number of hydrogen-bond acceptors (Lipinski definition) is 3. The Balaban J connectivity index is 1.48. The molecule has 1 saturated heterocycles. The standard InChI is InChI=1S/C19H26N2O3/c1-19(2)16(17(22)21-19)20-18(23)24-12-13-8-10-15(11-9-13)14-6-4-3-5-7-14/h8-11,14,16H,3-7,12H2,1-2H3,(H,20,23)(H,21,22)/t16-/m0/s1. The fourth-order valence-corrected chi connectivity index (χ4v) is 3.59. The molecule has 1 aliphatic carbocycles. The van der Waals surface area contributed by atoms with Crippen molar-refractivity contribution in [3.63, 3.8) is 0 Å². The van der Waals surface area contributed by atoms with Crippen LogP contribution in [0.4, 0.5) is 4.79 Å². The highest BCUT2D eigenvalue weighted by atomic mass is 16.5. The van der Waals surface area contributed by atoms with Gasteiger partial charge in [0.1, 0.15) is 12.6 Å². The third-order valence-corrected chi connectivity index (χ3v) is 5.12. The Bertz CT molecular complexity index is 604. The fourth-order valence-electron chi connectivity index (χ4n) is 3.59. The first-order valence-corrected chi connectivity index (χ1v) is 8.80. The minimum absolute atomic E-state index is 0.172. The fraction of sp³-hybridized carbons (Fsp3) is 0.579. The summed E-state index contributed by atoms with van der Waals surface area (Å²) >= 11 is 0. The van der Waals surface area contributed by atoms with Gasteiger partial charge >= 0.3 is 6.09 Å². The van der Waals surface area contributed by atoms with E-state index in [4.69, 9.17) is 4.74 Å². The van der Waals surface area contributed by atoms with Crippen molar-refractivity contribution in [2.75, 3.05) is 0 Å². The Labute approximate surface area is 143 Å². The number of benzene rings is 1. The average molecular weight is 330 g/mol. The molecule has 0 aromatic heterocycles. The van der Waals surface area contributed by atoms with E-state index in [2.05, 4.69) is 22.8 Å². The molecule has 0 bridgehead atoms. The summed E-state index contributed by atoms with van der Waals surface area (Å²) in [7, 11) is 0. The average Bonchev–Trinajstić information content (AvgIpc) is 2.59. The smallest absolute Gasteiger partial charge is 0.408 e. The number of hydrogen-bond donors (Lipinski definition) is 2. The van der Waals surface area contributed by atoms with Crippen LogP contribution in [-0.2, 0) is 16.1 Å². The Hall–Kier alpha value is -2.04. The van der Waals surface area contributed by atoms with E-state index < -0.39 is 17.7 Å². The molecule has 1 aromatic rings. The van der Waals surface area contributed by atoms with Crippen molar-refractivity contribution < 1.29 is 14.3 Å². The van der Waals surface area contributed by atoms with Gasteiger partial charge in [0, 0.05) is 0 Å². The van der Waals surface area contributed by atoms with Crippen LogP contribution in [0, 0.1) is 0 Å². The first-order valence-electron chi connectivity index (χ1n) is 8.80. The molecule has 1 aliphatic heterocycles. The van der Waals surface area contributed by atoms with Crippen molar-refractivity contribution in [1.29, 1.82) is 0 Å². The third kappa shape index (κ3) is 3.71. The second-order valence-electron chi connectivity index (χ2n) is 7.44. The first-order chi connectivity index (χ1) is 11.5. The number of amides is 2. The number of nitrogens with one attached hydrogen (secondary N) is 2. The minimum atomic E-state index is -0.556. The van der Waals surface area contributed by atoms with Crippen LogP contribution >= 0.6 is 0 Å². The molecule has 5 nitrogen and oxygen atoms in total. The largest absolute Gasteiger partial charge is 0.445 e. The van der Waals surface area contributed by atoms with E-state index in [9.17, 15) is 9.59 Å². The maximum Gasteiger partial charge on any atom is 0.408 e. The van der Waals surface area contributed by atoms with Crippen LogP contribution in [-0.4, -0.2) is 23.6 Å². The highest BCUT2D eigenvalue weighted by Crippen LogP contribution is 2.32. The Morgan fingerprint density at radius 2 is 1.88 bits per heavy atom. The molecule has 1 atom stereocenters. The molecule has 2 amide bonds. The molecular weight excluding hydrogens is 304 g/mol. The van der Waals surface area contributed by atoms with Gasteiger partial charge in [0.2, 0.25) is 5.91 Å². The van der Waals surface area contributed by atoms with E-state index in [-0.39, 0.29) is 12.5 Å². The van der Waals surface area contributed by atoms with Gasteiger partial charge in [0.05, 0.1) is 5.54 Å². The van der Waals surface area contributed by atoms with Gasteiger partial charge in [0.15, 0.2) is 0 Å². The summed E-state index contributed by atoms with van der Waals surface area (Å²) in [6.07, 6.45) is 5.99. The lowest BCUT2D eigenvalue weighted by Crippen LogP contribution is -2.75. The second-order valence-corrected chi connectivity index (χ2v) is 7.44. The van der Waals surface area contributed by atoms with Gasteiger partial charge in [-0.3, -0.25) is 4.79 Å². The summed E-state index contributed by atoms with van der Waals surface area (Å²) in [5.74, 6) is 0.505. The van der Waals surface area contributed by atoms with E-state index in [1.807, 2.05) is 26.0 Å². The normalized spacial score (nSPS) is 23.1. The summed E-state index contributed by atoms with van der Waals surface area (Å²) in [5, 5.41) is 5.36. The predicted octanol–water partition coefficient (Wildman–Crippen LogP) is 3.24. The zero-order valence-electron chi connectivity index (χ0n) is 14.4. The maximum absolute atomic E-state index is 11.9. The van der Waals surface area contributed by atoms with Crippen LogP contribution in [0.1, 0.15) is 63.0 Å². The molecule has 2 aliphatic rings. The summed E-state index contributed by atoms with van der Waals surface area (Å²) in [6, 6.07) is 7.82. The molecule has 0 unspecified atom stereocenters. The van der Waals surface area contributed by atoms with Gasteiger partial charge in [-0.05, 0) is 43.7 Å². The van der Waals surface area contributed by atoms with Gasteiger partial charge < -0.3 is 15.4 Å². The van der Waals surface area contributed by atoms with Gasteiger partial charge in [-0.1, -0.05) is 43.5 Å². The molecule has 0 radical (unpaired) electrons. The summed E-state index contributed by atoms with van der Waals surface area (Å²) in [4.78, 5) is 23.3. The Morgan fingerprint density at radius 1 is 1.21 bits per heavy atom. The van der Waals surface area contributed by atoms with E-state index in [0.29, 0.717) is 5.92 Å². The number of β-lactam (4-membered cyclic amide) rings is 1. The minimum Gasteiger partial charge on any atom is -0.445 e. The number of carbonyl (C=O) groups excluding carboxylic acids is 2. The van der Waals surface area contributed by atoms with Crippen molar-refractivity contribution in [2.24, 2.45) is 0 Å². The number of carbonyl (C=O) groups is 2. The van der Waals surface area contributed by atoms with Crippen LogP contribution in [0.5, 0.6) is 0 Å². The van der Waals surface area contributed by atoms with Crippen LogP contribution in [0.2, 0.25) is 0 Å². The van der Waals surface area contributed by atoms with Crippen LogP contribution in [0.15, 0.2) is 24.3 Å². The highest BCUT2D eigenvalue weighted by Gasteiger charge is 2.47. The van der Waals surface area contributed by atoms with E-state index in [1.54, 1.807) is 0 Å². The summed E-state index contributed by atoms with van der Waals surface area (Å²) in [5.41, 5.74) is 1.93. The highest BCUT2D eigenvalue weighted by molar-refractivity contribution is 5.93. The first kappa shape index (κ1) is 16.8. The summed E-state index contributed by atoms with van der Waals surface area (Å²) in [6.45, 7) is 3.94. The van der Waals surface area contributed by atoms with Gasteiger partial charge in [-0.2, -0.15) is 0 Å². The molecule has 5 heteroatoms. The molecule has 1 heterocycles. The van der Waals surface area contributed by atoms with Crippen molar-refractivity contribution in [1.82, 2.24) is 10.6 Å². The number of ether oxygens (including phenoxy) is 1. The third-order valence-electron chi connectivity index (χ3n) is 5.12. The van der Waals surface area contributed by atoms with Crippen molar-refractivity contribution >= 4 is 12.0 Å². The van der Waals surface area contributed by atoms with Gasteiger partial charge in [0.25, 0.3) is 0 Å². The molecule has 130 valence electrons. The monoisotopic (exact) mass is 330 g/mol. The summed E-state index contributed by atoms with van der Waals surface area (Å²) < 4.78 is 5.23. The quantitative estimate of drug-likeness (QED) is 0.833. The molecule has 24 heavy (non-hydrogen) atoms. The zero-order chi connectivity index (χ0) is 17.2. The van der Waals surface area contributed by atoms with Crippen molar-refractivity contribution in [3.8, 4) is 0 Å². The number of alkyl carbamates (subject to hydrolysis) is 1. The zero-order valence-corrected chi connectivity index (χ0v) is 14.4. The topological polar surface area (TPSA) is 67.4 Å². The van der Waals surface area contributed by atoms with E-state index in [1.165, 1.54) is 37.7 Å². The van der Waals surface area contributed by atoms with E-state index >= 15 is 0 Å². The molecular formula is C19H26N2O3. The molecule has 2 N–H and O–H groups in total. The maximum atomic E-state index is 11.9.